The van der Waals surface area contributed by atoms with E-state index in [-0.39, 0.29) is 5.88 Å². The molecule has 0 atom stereocenters. The average Bonchev–Trinajstić information content (AvgIpc) is 2.29. The fourth-order valence-corrected chi connectivity index (χ4v) is 2.22. The van der Waals surface area contributed by atoms with Crippen LogP contribution in [0.4, 0.5) is 0 Å². The summed E-state index contributed by atoms with van der Waals surface area (Å²) in [6.45, 7) is 1.88. The maximum atomic E-state index is 9.34. The van der Waals surface area contributed by atoms with Crippen LogP contribution in [0.1, 0.15) is 4.88 Å². The first-order valence-corrected chi connectivity index (χ1v) is 4.48. The summed E-state index contributed by atoms with van der Waals surface area (Å²) in [5.74, 6) is -0.0469. The lowest BCUT2D eigenvalue weighted by atomic mass is 10.3. The normalized spacial score (nSPS) is 10.8. The van der Waals surface area contributed by atoms with E-state index >= 15 is 0 Å². The molecule has 0 fully saturated rings. The smallest absolute Gasteiger partial charge is 0.224 e. The van der Waals surface area contributed by atoms with Gasteiger partial charge in [0.2, 0.25) is 5.88 Å². The van der Waals surface area contributed by atoms with Crippen LogP contribution in [0.5, 0.6) is 5.88 Å². The van der Waals surface area contributed by atoms with Gasteiger partial charge in [0.25, 0.3) is 0 Å². The van der Waals surface area contributed by atoms with Crippen LogP contribution in [-0.2, 0) is 0 Å². The molecule has 0 unspecified atom stereocenters. The molecule has 62 valence electrons. The van der Waals surface area contributed by atoms with Crippen LogP contribution in [-0.4, -0.2) is 15.1 Å². The Bertz CT molecular complexity index is 440. The second-order valence-corrected chi connectivity index (χ2v) is 3.93. The Balaban J connectivity index is 2.97. The molecular weight excluding hydrogens is 196 g/mol. The number of fused-ring (bicyclic) bond motifs is 1. The Morgan fingerprint density at radius 1 is 1.50 bits per heavy atom. The molecule has 0 aromatic carbocycles. The van der Waals surface area contributed by atoms with E-state index in [1.807, 2.05) is 6.92 Å². The highest BCUT2D eigenvalue weighted by atomic mass is 35.5. The first kappa shape index (κ1) is 7.76. The molecule has 2 rings (SSSR count). The maximum Gasteiger partial charge on any atom is 0.224 e. The van der Waals surface area contributed by atoms with Crippen molar-refractivity contribution in [2.24, 2.45) is 0 Å². The number of aryl methyl sites for hydroxylation is 1. The minimum Gasteiger partial charge on any atom is -0.493 e. The molecule has 2 aromatic heterocycles. The van der Waals surface area contributed by atoms with Crippen molar-refractivity contribution in [2.45, 2.75) is 6.92 Å². The van der Waals surface area contributed by atoms with Crippen molar-refractivity contribution in [3.05, 3.63) is 16.2 Å². The van der Waals surface area contributed by atoms with Gasteiger partial charge in [0.05, 0.1) is 10.4 Å². The van der Waals surface area contributed by atoms with E-state index in [4.69, 9.17) is 11.6 Å². The Hall–Kier alpha value is -0.870. The van der Waals surface area contributed by atoms with Crippen molar-refractivity contribution in [1.29, 1.82) is 0 Å². The van der Waals surface area contributed by atoms with Gasteiger partial charge in [-0.25, -0.2) is 9.97 Å². The summed E-state index contributed by atoms with van der Waals surface area (Å²) in [5.41, 5.74) is 0. The largest absolute Gasteiger partial charge is 0.493 e. The van der Waals surface area contributed by atoms with Gasteiger partial charge >= 0.3 is 0 Å². The van der Waals surface area contributed by atoms with Crippen LogP contribution in [0.15, 0.2) is 6.33 Å². The molecule has 0 radical (unpaired) electrons. The third-order valence-electron chi connectivity index (χ3n) is 1.57. The monoisotopic (exact) mass is 200 g/mol. The van der Waals surface area contributed by atoms with Gasteiger partial charge in [-0.1, -0.05) is 11.6 Å². The average molecular weight is 201 g/mol. The molecular formula is C7H5ClN2OS. The van der Waals surface area contributed by atoms with Crippen molar-refractivity contribution in [1.82, 2.24) is 9.97 Å². The molecule has 0 aliphatic heterocycles. The topological polar surface area (TPSA) is 46.0 Å². The summed E-state index contributed by atoms with van der Waals surface area (Å²) in [5, 5.41) is 10.4. The molecule has 0 aliphatic carbocycles. The standard InChI is InChI=1S/C7H5ClN2OS/c1-3-5(8)4-6(11)9-2-10-7(4)12-3/h2H,1H3,(H,9,10,11). The van der Waals surface area contributed by atoms with Gasteiger partial charge in [-0.05, 0) is 6.92 Å². The zero-order valence-corrected chi connectivity index (χ0v) is 7.78. The summed E-state index contributed by atoms with van der Waals surface area (Å²) in [7, 11) is 0. The molecule has 0 saturated carbocycles. The van der Waals surface area contributed by atoms with E-state index in [2.05, 4.69) is 9.97 Å². The molecule has 1 N–H and O–H groups in total. The van der Waals surface area contributed by atoms with Gasteiger partial charge in [0, 0.05) is 4.88 Å². The minimum atomic E-state index is -0.0469. The van der Waals surface area contributed by atoms with Gasteiger partial charge < -0.3 is 5.11 Å². The summed E-state index contributed by atoms with van der Waals surface area (Å²) < 4.78 is 0. The molecule has 12 heavy (non-hydrogen) atoms. The fourth-order valence-electron chi connectivity index (χ4n) is 0.996. The lowest BCUT2D eigenvalue weighted by Crippen LogP contribution is -1.77. The van der Waals surface area contributed by atoms with Crippen LogP contribution in [0, 0.1) is 6.92 Å². The lowest BCUT2D eigenvalue weighted by Gasteiger charge is -1.91. The second kappa shape index (κ2) is 2.57. The number of nitrogens with zero attached hydrogens (tertiary/aromatic N) is 2. The third kappa shape index (κ3) is 0.956. The lowest BCUT2D eigenvalue weighted by molar-refractivity contribution is 0.459. The van der Waals surface area contributed by atoms with Gasteiger partial charge in [-0.15, -0.1) is 11.3 Å². The van der Waals surface area contributed by atoms with Gasteiger partial charge in [-0.2, -0.15) is 0 Å². The quantitative estimate of drug-likeness (QED) is 0.710. The number of rotatable bonds is 0. The van der Waals surface area contributed by atoms with Gasteiger partial charge in [0.1, 0.15) is 11.2 Å². The molecule has 0 bridgehead atoms. The zero-order chi connectivity index (χ0) is 8.72. The maximum absolute atomic E-state index is 9.34. The number of aromatic nitrogens is 2. The van der Waals surface area contributed by atoms with E-state index in [0.717, 1.165) is 9.71 Å². The highest BCUT2D eigenvalue weighted by Crippen LogP contribution is 2.36. The summed E-state index contributed by atoms with van der Waals surface area (Å²) >= 11 is 7.37. The highest BCUT2D eigenvalue weighted by molar-refractivity contribution is 7.19. The van der Waals surface area contributed by atoms with E-state index in [9.17, 15) is 5.11 Å². The SMILES string of the molecule is Cc1sc2ncnc(O)c2c1Cl. The first-order valence-electron chi connectivity index (χ1n) is 3.28. The van der Waals surface area contributed by atoms with Crippen molar-refractivity contribution >= 4 is 33.2 Å². The van der Waals surface area contributed by atoms with Crippen LogP contribution in [0.3, 0.4) is 0 Å². The van der Waals surface area contributed by atoms with E-state index in [1.165, 1.54) is 17.7 Å². The third-order valence-corrected chi connectivity index (χ3v) is 3.17. The minimum absolute atomic E-state index is 0.0469. The highest BCUT2D eigenvalue weighted by Gasteiger charge is 2.11. The van der Waals surface area contributed by atoms with Gasteiger partial charge in [-0.3, -0.25) is 0 Å². The summed E-state index contributed by atoms with van der Waals surface area (Å²) in [6, 6.07) is 0. The number of aromatic hydroxyl groups is 1. The number of thiophene rings is 1. The Labute approximate surface area is 77.7 Å². The van der Waals surface area contributed by atoms with Crippen LogP contribution < -0.4 is 0 Å². The van der Waals surface area contributed by atoms with E-state index < -0.39 is 0 Å². The summed E-state index contributed by atoms with van der Waals surface area (Å²) in [4.78, 5) is 9.31. The fraction of sp³-hybridized carbons (Fsp3) is 0.143. The van der Waals surface area contributed by atoms with E-state index in [1.54, 1.807) is 0 Å². The first-order chi connectivity index (χ1) is 5.70. The molecule has 0 spiro atoms. The molecule has 0 saturated heterocycles. The molecule has 0 aliphatic rings. The molecule has 3 nitrogen and oxygen atoms in total. The number of hydrogen-bond donors (Lipinski definition) is 1. The van der Waals surface area contributed by atoms with Crippen molar-refractivity contribution in [3.63, 3.8) is 0 Å². The second-order valence-electron chi connectivity index (χ2n) is 2.35. The van der Waals surface area contributed by atoms with Crippen LogP contribution in [0.25, 0.3) is 10.2 Å². The van der Waals surface area contributed by atoms with Gasteiger partial charge in [0.15, 0.2) is 0 Å². The zero-order valence-electron chi connectivity index (χ0n) is 6.21. The summed E-state index contributed by atoms with van der Waals surface area (Å²) in [6.07, 6.45) is 1.32. The molecule has 2 aromatic rings. The van der Waals surface area contributed by atoms with Crippen molar-refractivity contribution in [2.75, 3.05) is 0 Å². The Morgan fingerprint density at radius 3 is 2.92 bits per heavy atom. The molecule has 0 amide bonds. The Morgan fingerprint density at radius 2 is 2.25 bits per heavy atom. The van der Waals surface area contributed by atoms with Crippen LogP contribution >= 0.6 is 22.9 Å². The predicted octanol–water partition coefficient (Wildman–Crippen LogP) is 2.36. The number of halogens is 1. The van der Waals surface area contributed by atoms with Crippen molar-refractivity contribution in [3.8, 4) is 5.88 Å². The van der Waals surface area contributed by atoms with Crippen LogP contribution in [0.2, 0.25) is 5.02 Å². The van der Waals surface area contributed by atoms with E-state index in [0.29, 0.717) is 10.4 Å². The number of hydrogen-bond acceptors (Lipinski definition) is 4. The molecule has 2 heterocycles. The Kier molecular flexibility index (Phi) is 1.66. The predicted molar refractivity (Wildman–Crippen MR) is 48.8 cm³/mol. The van der Waals surface area contributed by atoms with Crippen molar-refractivity contribution < 1.29 is 5.11 Å². The molecule has 5 heteroatoms.